The fraction of sp³-hybridized carbons (Fsp3) is 0.300. The number of hydrogen-bond donors (Lipinski definition) is 1. The number of pyridine rings is 1. The molecule has 1 aliphatic heterocycles. The number of halogens is 1. The second kappa shape index (κ2) is 8.62. The number of anilines is 1. The number of carbonyl (C=O) groups excluding carboxylic acids is 1. The van der Waals surface area contributed by atoms with Crippen LogP contribution < -0.4 is 5.73 Å². The standard InChI is InChI=1S/C20H20FN5O2S/c21-15-4-2-1-3-14(15)9-13-5-6-16(23-11-13)17-12-26(7-8-28-17)19(27)10-18-24-25-20(22)29-18/h1-6,11,17H,7-10,12H2,(H2,22,25)/t17-/m0/s1. The topological polar surface area (TPSA) is 94.2 Å². The van der Waals surface area contributed by atoms with E-state index in [0.29, 0.717) is 41.8 Å². The molecule has 0 unspecified atom stereocenters. The Morgan fingerprint density at radius 2 is 2.14 bits per heavy atom. The van der Waals surface area contributed by atoms with Crippen LogP contribution in [0.1, 0.15) is 27.9 Å². The number of ether oxygens (including phenoxy) is 1. The summed E-state index contributed by atoms with van der Waals surface area (Å²) in [5, 5.41) is 8.60. The molecule has 1 aliphatic rings. The lowest BCUT2D eigenvalue weighted by molar-refractivity contribution is -0.138. The number of rotatable bonds is 5. The third-order valence-corrected chi connectivity index (χ3v) is 5.49. The SMILES string of the molecule is Nc1nnc(CC(=O)N2CCO[C@H](c3ccc(Cc4ccccc4F)cn3)C2)s1. The number of nitrogens with zero attached hydrogens (tertiary/aromatic N) is 4. The fourth-order valence-corrected chi connectivity index (χ4v) is 3.83. The zero-order valence-electron chi connectivity index (χ0n) is 15.6. The van der Waals surface area contributed by atoms with Gasteiger partial charge in [0, 0.05) is 19.2 Å². The van der Waals surface area contributed by atoms with Gasteiger partial charge in [-0.05, 0) is 23.3 Å². The molecular weight excluding hydrogens is 393 g/mol. The molecule has 29 heavy (non-hydrogen) atoms. The molecule has 1 saturated heterocycles. The normalized spacial score (nSPS) is 16.7. The minimum Gasteiger partial charge on any atom is -0.374 e. The van der Waals surface area contributed by atoms with Crippen LogP contribution in [0.15, 0.2) is 42.6 Å². The number of amides is 1. The maximum absolute atomic E-state index is 13.8. The Kier molecular flexibility index (Phi) is 5.77. The largest absolute Gasteiger partial charge is 0.374 e. The molecule has 3 aromatic rings. The minimum atomic E-state index is -0.297. The van der Waals surface area contributed by atoms with Gasteiger partial charge in [0.15, 0.2) is 0 Å². The molecular formula is C20H20FN5O2S. The molecule has 1 fully saturated rings. The molecule has 1 amide bonds. The van der Waals surface area contributed by atoms with Crippen molar-refractivity contribution in [2.45, 2.75) is 18.9 Å². The second-order valence-corrected chi connectivity index (χ2v) is 7.86. The Bertz CT molecular complexity index is 995. The molecule has 0 saturated carbocycles. The van der Waals surface area contributed by atoms with Crippen LogP contribution in [0, 0.1) is 5.82 Å². The molecule has 4 rings (SSSR count). The molecule has 1 atom stereocenters. The van der Waals surface area contributed by atoms with Gasteiger partial charge in [-0.25, -0.2) is 4.39 Å². The number of carbonyl (C=O) groups is 1. The third-order valence-electron chi connectivity index (χ3n) is 4.73. The van der Waals surface area contributed by atoms with Crippen molar-refractivity contribution in [3.8, 4) is 0 Å². The first-order valence-electron chi connectivity index (χ1n) is 9.24. The third kappa shape index (κ3) is 4.75. The Morgan fingerprint density at radius 3 is 2.86 bits per heavy atom. The summed E-state index contributed by atoms with van der Waals surface area (Å²) < 4.78 is 19.6. The number of nitrogens with two attached hydrogens (primary N) is 1. The molecule has 2 N–H and O–H groups in total. The monoisotopic (exact) mass is 413 g/mol. The first-order chi connectivity index (χ1) is 14.1. The highest BCUT2D eigenvalue weighted by atomic mass is 32.1. The van der Waals surface area contributed by atoms with Crippen LogP contribution in [0.5, 0.6) is 0 Å². The van der Waals surface area contributed by atoms with Crippen LogP contribution in [0.3, 0.4) is 0 Å². The summed E-state index contributed by atoms with van der Waals surface area (Å²) in [5.41, 5.74) is 7.86. The van der Waals surface area contributed by atoms with E-state index in [4.69, 9.17) is 10.5 Å². The molecule has 2 aromatic heterocycles. The van der Waals surface area contributed by atoms with Gasteiger partial charge in [-0.3, -0.25) is 9.78 Å². The molecule has 0 aliphatic carbocycles. The Morgan fingerprint density at radius 1 is 1.28 bits per heavy atom. The molecule has 7 nitrogen and oxygen atoms in total. The van der Waals surface area contributed by atoms with Gasteiger partial charge in [0.1, 0.15) is 16.9 Å². The number of benzene rings is 1. The predicted molar refractivity (Wildman–Crippen MR) is 107 cm³/mol. The summed E-state index contributed by atoms with van der Waals surface area (Å²) in [4.78, 5) is 18.8. The van der Waals surface area contributed by atoms with E-state index in [1.165, 1.54) is 17.4 Å². The summed E-state index contributed by atoms with van der Waals surface area (Å²) in [5.74, 6) is -0.260. The number of nitrogen functional groups attached to an aromatic ring is 1. The fourth-order valence-electron chi connectivity index (χ4n) is 3.23. The van der Waals surface area contributed by atoms with Crippen LogP contribution in [-0.4, -0.2) is 45.7 Å². The molecule has 3 heterocycles. The lowest BCUT2D eigenvalue weighted by Crippen LogP contribution is -2.43. The van der Waals surface area contributed by atoms with Gasteiger partial charge in [-0.2, -0.15) is 0 Å². The van der Waals surface area contributed by atoms with Crippen LogP contribution in [-0.2, 0) is 22.4 Å². The van der Waals surface area contributed by atoms with E-state index in [1.54, 1.807) is 23.2 Å². The molecule has 150 valence electrons. The van der Waals surface area contributed by atoms with Crippen molar-refractivity contribution in [3.05, 3.63) is 70.2 Å². The molecule has 0 spiro atoms. The summed E-state index contributed by atoms with van der Waals surface area (Å²) in [7, 11) is 0. The van der Waals surface area contributed by atoms with Crippen molar-refractivity contribution in [3.63, 3.8) is 0 Å². The highest BCUT2D eigenvalue weighted by Gasteiger charge is 2.27. The van der Waals surface area contributed by atoms with Crippen molar-refractivity contribution in [2.75, 3.05) is 25.4 Å². The Labute approximate surface area is 171 Å². The maximum atomic E-state index is 13.8. The van der Waals surface area contributed by atoms with Gasteiger partial charge >= 0.3 is 0 Å². The molecule has 0 bridgehead atoms. The van der Waals surface area contributed by atoms with Gasteiger partial charge in [-0.1, -0.05) is 35.6 Å². The van der Waals surface area contributed by atoms with Gasteiger partial charge < -0.3 is 15.4 Å². The maximum Gasteiger partial charge on any atom is 0.229 e. The zero-order valence-corrected chi connectivity index (χ0v) is 16.4. The second-order valence-electron chi connectivity index (χ2n) is 6.77. The summed E-state index contributed by atoms with van der Waals surface area (Å²) in [6.07, 6.45) is 2.09. The number of aromatic nitrogens is 3. The molecule has 0 radical (unpaired) electrons. The van der Waals surface area contributed by atoms with Crippen LogP contribution in [0.2, 0.25) is 0 Å². The summed E-state index contributed by atoms with van der Waals surface area (Å²) in [6, 6.07) is 10.5. The first kappa shape index (κ1) is 19.4. The Balaban J connectivity index is 1.39. The van der Waals surface area contributed by atoms with E-state index >= 15 is 0 Å². The van der Waals surface area contributed by atoms with Crippen molar-refractivity contribution < 1.29 is 13.9 Å². The Hall–Kier alpha value is -2.91. The van der Waals surface area contributed by atoms with Gasteiger partial charge in [0.2, 0.25) is 11.0 Å². The van der Waals surface area contributed by atoms with E-state index in [1.807, 2.05) is 18.2 Å². The van der Waals surface area contributed by atoms with Crippen molar-refractivity contribution in [1.82, 2.24) is 20.1 Å². The lowest BCUT2D eigenvalue weighted by Gasteiger charge is -2.32. The quantitative estimate of drug-likeness (QED) is 0.690. The van der Waals surface area contributed by atoms with Gasteiger partial charge in [-0.15, -0.1) is 10.2 Å². The lowest BCUT2D eigenvalue weighted by atomic mass is 10.1. The average molecular weight is 413 g/mol. The molecule has 9 heteroatoms. The van der Waals surface area contributed by atoms with E-state index in [2.05, 4.69) is 15.2 Å². The van der Waals surface area contributed by atoms with Crippen LogP contribution in [0.4, 0.5) is 9.52 Å². The van der Waals surface area contributed by atoms with Crippen molar-refractivity contribution in [2.24, 2.45) is 0 Å². The number of hydrogen-bond acceptors (Lipinski definition) is 7. The predicted octanol–water partition coefficient (Wildman–Crippen LogP) is 2.39. The zero-order chi connectivity index (χ0) is 20.2. The highest BCUT2D eigenvalue weighted by Crippen LogP contribution is 2.23. The highest BCUT2D eigenvalue weighted by molar-refractivity contribution is 7.15. The molecule has 1 aromatic carbocycles. The van der Waals surface area contributed by atoms with E-state index in [9.17, 15) is 9.18 Å². The average Bonchev–Trinajstić information content (AvgIpc) is 3.15. The van der Waals surface area contributed by atoms with Crippen molar-refractivity contribution in [1.29, 1.82) is 0 Å². The van der Waals surface area contributed by atoms with E-state index in [0.717, 1.165) is 11.3 Å². The van der Waals surface area contributed by atoms with Gasteiger partial charge in [0.25, 0.3) is 0 Å². The van der Waals surface area contributed by atoms with Gasteiger partial charge in [0.05, 0.1) is 25.3 Å². The summed E-state index contributed by atoms with van der Waals surface area (Å²) >= 11 is 1.22. The smallest absolute Gasteiger partial charge is 0.229 e. The van der Waals surface area contributed by atoms with Crippen LogP contribution >= 0.6 is 11.3 Å². The minimum absolute atomic E-state index is 0.0365. The van der Waals surface area contributed by atoms with E-state index in [-0.39, 0.29) is 24.2 Å². The van der Waals surface area contributed by atoms with E-state index < -0.39 is 0 Å². The van der Waals surface area contributed by atoms with Crippen LogP contribution in [0.25, 0.3) is 0 Å². The number of morpholine rings is 1. The first-order valence-corrected chi connectivity index (χ1v) is 10.1. The summed E-state index contributed by atoms with van der Waals surface area (Å²) in [6.45, 7) is 1.38. The van der Waals surface area contributed by atoms with Crippen molar-refractivity contribution >= 4 is 22.4 Å².